The van der Waals surface area contributed by atoms with Crippen molar-refractivity contribution in [2.75, 3.05) is 22.2 Å². The van der Waals surface area contributed by atoms with Gasteiger partial charge in [-0.25, -0.2) is 8.42 Å². The molecule has 1 atom stereocenters. The topological polar surface area (TPSA) is 34.1 Å². The van der Waals surface area contributed by atoms with E-state index < -0.39 is 9.84 Å². The fourth-order valence-corrected chi connectivity index (χ4v) is 7.46. The van der Waals surface area contributed by atoms with Crippen LogP contribution < -0.4 is 0 Å². The van der Waals surface area contributed by atoms with E-state index in [-0.39, 0.29) is 11.3 Å². The van der Waals surface area contributed by atoms with Crippen molar-refractivity contribution < 1.29 is 8.42 Å². The molecule has 1 saturated heterocycles. The lowest BCUT2D eigenvalue weighted by atomic mass is 9.74. The van der Waals surface area contributed by atoms with Gasteiger partial charge in [-0.3, -0.25) is 0 Å². The van der Waals surface area contributed by atoms with Gasteiger partial charge >= 0.3 is 0 Å². The molecule has 1 aliphatic heterocycles. The zero-order valence-corrected chi connectivity index (χ0v) is 16.6. The van der Waals surface area contributed by atoms with Gasteiger partial charge < -0.3 is 0 Å². The molecule has 6 heteroatoms. The quantitative estimate of drug-likeness (QED) is 0.582. The molecule has 1 aromatic rings. The maximum absolute atomic E-state index is 11.8. The first-order valence-corrected chi connectivity index (χ1v) is 11.3. The van der Waals surface area contributed by atoms with Crippen LogP contribution in [-0.2, 0) is 16.3 Å². The van der Waals surface area contributed by atoms with Crippen LogP contribution in [0.3, 0.4) is 0 Å². The molecular weight excluding hydrogens is 472 g/mol. The number of benzene rings is 1. The number of halogens is 3. The fraction of sp³-hybridized carbons (Fsp3) is 0.571. The minimum Gasteiger partial charge on any atom is -0.229 e. The summed E-state index contributed by atoms with van der Waals surface area (Å²) in [4.78, 5) is 0. The van der Waals surface area contributed by atoms with Crippen molar-refractivity contribution in [1.29, 1.82) is 0 Å². The summed E-state index contributed by atoms with van der Waals surface area (Å²) in [6.45, 7) is 0. The van der Waals surface area contributed by atoms with Gasteiger partial charge in [-0.1, -0.05) is 59.9 Å². The van der Waals surface area contributed by atoms with Gasteiger partial charge in [-0.2, -0.15) is 0 Å². The van der Waals surface area contributed by atoms with Gasteiger partial charge in [0.1, 0.15) is 0 Å². The molecule has 0 N–H and O–H groups in total. The van der Waals surface area contributed by atoms with Gasteiger partial charge in [-0.05, 0) is 41.9 Å². The molecule has 0 saturated carbocycles. The predicted octanol–water partition coefficient (Wildman–Crippen LogP) is 4.20. The Labute approximate surface area is 146 Å². The molecule has 1 fully saturated rings. The Balaban J connectivity index is 2.26. The van der Waals surface area contributed by atoms with E-state index in [4.69, 9.17) is 0 Å². The normalized spacial score (nSPS) is 22.1. The molecule has 0 amide bonds. The van der Waals surface area contributed by atoms with Crippen LogP contribution in [0.2, 0.25) is 0 Å². The molecule has 0 aromatic heterocycles. The van der Waals surface area contributed by atoms with E-state index in [1.807, 2.05) is 12.1 Å². The second-order valence-corrected chi connectivity index (χ2v) is 9.80. The summed E-state index contributed by atoms with van der Waals surface area (Å²) in [7, 11) is -2.85. The minimum atomic E-state index is -2.85. The second-order valence-electron chi connectivity index (χ2n) is 5.54. The van der Waals surface area contributed by atoms with Crippen LogP contribution in [0.25, 0.3) is 0 Å². The van der Waals surface area contributed by atoms with Crippen molar-refractivity contribution in [1.82, 2.24) is 0 Å². The average Bonchev–Trinajstić information content (AvgIpc) is 2.77. The predicted molar refractivity (Wildman–Crippen MR) is 94.6 cm³/mol. The third-order valence-corrected chi connectivity index (χ3v) is 8.57. The number of hydrogen-bond acceptors (Lipinski definition) is 2. The summed E-state index contributed by atoms with van der Waals surface area (Å²) < 4.78 is 24.6. The van der Waals surface area contributed by atoms with Gasteiger partial charge in [-0.15, -0.1) is 0 Å². The Kier molecular flexibility index (Phi) is 5.77. The first-order chi connectivity index (χ1) is 9.41. The third kappa shape index (κ3) is 3.87. The van der Waals surface area contributed by atoms with Crippen LogP contribution in [-0.4, -0.2) is 30.6 Å². The second kappa shape index (κ2) is 6.80. The zero-order valence-electron chi connectivity index (χ0n) is 11.0. The minimum absolute atomic E-state index is 0.0512. The molecule has 112 valence electrons. The fourth-order valence-electron chi connectivity index (χ4n) is 2.82. The van der Waals surface area contributed by atoms with Gasteiger partial charge in [0.05, 0.1) is 11.5 Å². The van der Waals surface area contributed by atoms with Crippen LogP contribution in [0.1, 0.15) is 12.0 Å². The summed E-state index contributed by atoms with van der Waals surface area (Å²) in [6, 6.07) is 8.25. The van der Waals surface area contributed by atoms with E-state index in [9.17, 15) is 8.42 Å². The lowest BCUT2D eigenvalue weighted by Crippen LogP contribution is -2.37. The van der Waals surface area contributed by atoms with Crippen molar-refractivity contribution in [2.45, 2.75) is 12.8 Å². The summed E-state index contributed by atoms with van der Waals surface area (Å²) in [6.07, 6.45) is 1.65. The van der Waals surface area contributed by atoms with Crippen molar-refractivity contribution in [3.63, 3.8) is 0 Å². The first-order valence-electron chi connectivity index (χ1n) is 6.47. The highest BCUT2D eigenvalue weighted by Gasteiger charge is 2.43. The van der Waals surface area contributed by atoms with Crippen LogP contribution in [0.15, 0.2) is 28.7 Å². The highest BCUT2D eigenvalue weighted by molar-refractivity contribution is 9.10. The lowest BCUT2D eigenvalue weighted by Gasteiger charge is -2.36. The SMILES string of the molecule is O=S1(=O)CCC(C(CBr)(CBr)Cc2cccc(Br)c2)C1. The molecule has 2 rings (SSSR count). The van der Waals surface area contributed by atoms with Gasteiger partial charge in [0.15, 0.2) is 9.84 Å². The zero-order chi connectivity index (χ0) is 14.8. The molecule has 0 spiro atoms. The van der Waals surface area contributed by atoms with Crippen LogP contribution >= 0.6 is 47.8 Å². The van der Waals surface area contributed by atoms with Crippen molar-refractivity contribution in [3.8, 4) is 0 Å². The largest absolute Gasteiger partial charge is 0.229 e. The van der Waals surface area contributed by atoms with Crippen LogP contribution in [0.5, 0.6) is 0 Å². The number of alkyl halides is 2. The molecular formula is C14H17Br3O2S. The Morgan fingerprint density at radius 3 is 2.45 bits per heavy atom. The molecule has 0 bridgehead atoms. The smallest absolute Gasteiger partial charge is 0.150 e. The van der Waals surface area contributed by atoms with E-state index in [1.54, 1.807) is 0 Å². The lowest BCUT2D eigenvalue weighted by molar-refractivity contribution is 0.253. The molecule has 1 aromatic carbocycles. The number of sulfone groups is 1. The summed E-state index contributed by atoms with van der Waals surface area (Å²) >= 11 is 10.7. The Morgan fingerprint density at radius 1 is 1.25 bits per heavy atom. The van der Waals surface area contributed by atoms with Crippen molar-refractivity contribution in [3.05, 3.63) is 34.3 Å². The summed E-state index contributed by atoms with van der Waals surface area (Å²) in [5, 5.41) is 1.61. The summed E-state index contributed by atoms with van der Waals surface area (Å²) in [5.74, 6) is 0.862. The highest BCUT2D eigenvalue weighted by atomic mass is 79.9. The Hall–Kier alpha value is 0.610. The maximum Gasteiger partial charge on any atom is 0.150 e. The monoisotopic (exact) mass is 486 g/mol. The molecule has 1 aliphatic rings. The van der Waals surface area contributed by atoms with Crippen LogP contribution in [0, 0.1) is 11.3 Å². The van der Waals surface area contributed by atoms with Crippen LogP contribution in [0.4, 0.5) is 0 Å². The third-order valence-electron chi connectivity index (χ3n) is 4.08. The number of rotatable bonds is 5. The standard InChI is InChI=1S/C14H17Br3O2S/c15-9-14(10-16,12-4-5-20(18,19)8-12)7-11-2-1-3-13(17)6-11/h1-3,6,12H,4-5,7-10H2. The molecule has 1 heterocycles. The van der Waals surface area contributed by atoms with Gasteiger partial charge in [0, 0.05) is 15.1 Å². The molecule has 0 radical (unpaired) electrons. The average molecular weight is 489 g/mol. The van der Waals surface area contributed by atoms with E-state index in [2.05, 4.69) is 59.9 Å². The molecule has 2 nitrogen and oxygen atoms in total. The van der Waals surface area contributed by atoms with Gasteiger partial charge in [0.25, 0.3) is 0 Å². The van der Waals surface area contributed by atoms with E-state index in [0.29, 0.717) is 11.5 Å². The van der Waals surface area contributed by atoms with E-state index in [1.165, 1.54) is 5.56 Å². The van der Waals surface area contributed by atoms with Crippen molar-refractivity contribution in [2.24, 2.45) is 11.3 Å². The summed E-state index contributed by atoms with van der Waals surface area (Å²) in [5.41, 5.74) is 1.19. The maximum atomic E-state index is 11.8. The van der Waals surface area contributed by atoms with Gasteiger partial charge in [0.2, 0.25) is 0 Å². The molecule has 20 heavy (non-hydrogen) atoms. The van der Waals surface area contributed by atoms with Crippen molar-refractivity contribution >= 4 is 57.6 Å². The first kappa shape index (κ1) is 17.0. The molecule has 0 aliphatic carbocycles. The number of hydrogen-bond donors (Lipinski definition) is 0. The Bertz CT molecular complexity index is 568. The molecule has 1 unspecified atom stereocenters. The van der Waals surface area contributed by atoms with E-state index >= 15 is 0 Å². The van der Waals surface area contributed by atoms with E-state index in [0.717, 1.165) is 28.0 Å². The highest BCUT2D eigenvalue weighted by Crippen LogP contribution is 2.42. The Morgan fingerprint density at radius 2 is 1.95 bits per heavy atom.